The Morgan fingerprint density at radius 2 is 1.74 bits per heavy atom. The summed E-state index contributed by atoms with van der Waals surface area (Å²) in [7, 11) is 1.69. The number of aryl methyl sites for hydroxylation is 1. The molecule has 196 valence electrons. The minimum atomic E-state index is 0.573. The molecule has 2 aromatic heterocycles. The number of ether oxygens (including phenoxy) is 1. The first kappa shape index (κ1) is 26.0. The minimum Gasteiger partial charge on any atom is -0.497 e. The summed E-state index contributed by atoms with van der Waals surface area (Å²) in [5.41, 5.74) is 6.86. The van der Waals surface area contributed by atoms with Crippen LogP contribution in [0.5, 0.6) is 5.75 Å². The summed E-state index contributed by atoms with van der Waals surface area (Å²) in [4.78, 5) is 7.32. The Labute approximate surface area is 229 Å². The summed E-state index contributed by atoms with van der Waals surface area (Å²) in [6, 6.07) is 23.1. The van der Waals surface area contributed by atoms with Crippen molar-refractivity contribution in [3.8, 4) is 17.1 Å². The molecular formula is C31H34ClN5O. The molecule has 0 aliphatic rings. The number of nitrogens with zero attached hydrogens (tertiary/aromatic N) is 4. The van der Waals surface area contributed by atoms with E-state index in [0.717, 1.165) is 66.2 Å². The lowest BCUT2D eigenvalue weighted by molar-refractivity contribution is 0.241. The van der Waals surface area contributed by atoms with Crippen molar-refractivity contribution in [2.75, 3.05) is 7.11 Å². The van der Waals surface area contributed by atoms with E-state index >= 15 is 0 Å². The van der Waals surface area contributed by atoms with E-state index in [1.807, 2.05) is 18.3 Å². The first-order valence-electron chi connectivity index (χ1n) is 13.1. The van der Waals surface area contributed by atoms with Crippen LogP contribution in [-0.2, 0) is 26.2 Å². The van der Waals surface area contributed by atoms with Crippen LogP contribution in [0.2, 0.25) is 5.15 Å². The Bertz CT molecular complexity index is 1500. The van der Waals surface area contributed by atoms with E-state index in [-0.39, 0.29) is 0 Å². The van der Waals surface area contributed by atoms with Gasteiger partial charge in [0, 0.05) is 37.1 Å². The Morgan fingerprint density at radius 3 is 2.50 bits per heavy atom. The zero-order chi connectivity index (χ0) is 26.5. The molecule has 38 heavy (non-hydrogen) atoms. The van der Waals surface area contributed by atoms with E-state index in [0.29, 0.717) is 11.7 Å². The summed E-state index contributed by atoms with van der Waals surface area (Å²) in [6.45, 7) is 7.44. The zero-order valence-electron chi connectivity index (χ0n) is 22.2. The molecule has 3 aromatic carbocycles. The van der Waals surface area contributed by atoms with Gasteiger partial charge in [0.25, 0.3) is 0 Å². The number of rotatable bonds is 11. The lowest BCUT2D eigenvalue weighted by Gasteiger charge is -2.24. The molecule has 5 aromatic rings. The van der Waals surface area contributed by atoms with Crippen LogP contribution in [0.3, 0.4) is 0 Å². The van der Waals surface area contributed by atoms with E-state index in [1.54, 1.807) is 7.11 Å². The summed E-state index contributed by atoms with van der Waals surface area (Å²) >= 11 is 6.90. The Morgan fingerprint density at radius 1 is 0.974 bits per heavy atom. The number of nitrogens with one attached hydrogen (secondary N) is 1. The van der Waals surface area contributed by atoms with Crippen LogP contribution < -0.4 is 4.74 Å². The molecule has 0 bridgehead atoms. The number of fused-ring (bicyclic) bond motifs is 1. The van der Waals surface area contributed by atoms with Gasteiger partial charge in [0.1, 0.15) is 11.6 Å². The Balaban J connectivity index is 1.51. The van der Waals surface area contributed by atoms with E-state index in [4.69, 9.17) is 21.3 Å². The van der Waals surface area contributed by atoms with E-state index in [9.17, 15) is 0 Å². The molecule has 6 nitrogen and oxygen atoms in total. The van der Waals surface area contributed by atoms with Gasteiger partial charge in [-0.2, -0.15) is 5.10 Å². The first-order valence-corrected chi connectivity index (χ1v) is 13.5. The van der Waals surface area contributed by atoms with Crippen LogP contribution in [0, 0.1) is 6.92 Å². The topological polar surface area (TPSA) is 59.0 Å². The molecule has 2 heterocycles. The molecule has 0 saturated carbocycles. The smallest absolute Gasteiger partial charge is 0.152 e. The van der Waals surface area contributed by atoms with Crippen LogP contribution in [-0.4, -0.2) is 31.8 Å². The number of methoxy groups -OCH3 is 1. The number of hydrogen-bond donors (Lipinski definition) is 1. The molecule has 5 rings (SSSR count). The van der Waals surface area contributed by atoms with E-state index in [1.165, 1.54) is 16.7 Å². The number of hydrogen-bond acceptors (Lipinski definition) is 4. The van der Waals surface area contributed by atoms with Crippen LogP contribution in [0.25, 0.3) is 22.3 Å². The monoisotopic (exact) mass is 527 g/mol. The number of benzene rings is 3. The lowest BCUT2D eigenvalue weighted by atomic mass is 10.1. The van der Waals surface area contributed by atoms with Crippen molar-refractivity contribution in [2.45, 2.75) is 52.9 Å². The maximum Gasteiger partial charge on any atom is 0.152 e. The quantitative estimate of drug-likeness (QED) is 0.194. The van der Waals surface area contributed by atoms with E-state index in [2.05, 4.69) is 88.1 Å². The number of aromatic amines is 1. The fourth-order valence-corrected chi connectivity index (χ4v) is 5.15. The normalized spacial score (nSPS) is 11.5. The molecule has 0 atom stereocenters. The highest BCUT2D eigenvalue weighted by Crippen LogP contribution is 2.30. The van der Waals surface area contributed by atoms with Crippen molar-refractivity contribution >= 4 is 22.5 Å². The van der Waals surface area contributed by atoms with Gasteiger partial charge in [0.2, 0.25) is 0 Å². The van der Waals surface area contributed by atoms with E-state index < -0.39 is 0 Å². The SMILES string of the molecule is CCCCn1c(-c2ccccc2C)nc(Cl)c1CN(Cc1ccc(OC)cc1)Cc1ccc2[nH]ncc2c1. The number of halogens is 1. The van der Waals surface area contributed by atoms with Gasteiger partial charge in [0.05, 0.1) is 24.5 Å². The highest BCUT2D eigenvalue weighted by atomic mass is 35.5. The maximum atomic E-state index is 6.90. The summed E-state index contributed by atoms with van der Waals surface area (Å²) in [5, 5.41) is 8.91. The fourth-order valence-electron chi connectivity index (χ4n) is 4.91. The standard InChI is InChI=1S/C31H34ClN5O/c1-4-5-16-37-29(30(32)34-31(37)27-9-7-6-8-22(27)2)21-36(19-23-10-13-26(38-3)14-11-23)20-24-12-15-28-25(17-24)18-33-35-28/h6-15,17-18H,4-5,16,19-21H2,1-3H3,(H,33,35). The second-order valence-electron chi connectivity index (χ2n) is 9.78. The summed E-state index contributed by atoms with van der Waals surface area (Å²) in [5.74, 6) is 1.80. The van der Waals surface area contributed by atoms with Gasteiger partial charge in [-0.1, -0.05) is 67.4 Å². The lowest BCUT2D eigenvalue weighted by Crippen LogP contribution is -2.24. The molecule has 0 unspecified atom stereocenters. The molecule has 0 fully saturated rings. The number of imidazole rings is 1. The fraction of sp³-hybridized carbons (Fsp3) is 0.290. The van der Waals surface area contributed by atoms with Crippen molar-refractivity contribution in [1.82, 2.24) is 24.6 Å². The van der Waals surface area contributed by atoms with Crippen LogP contribution in [0.15, 0.2) is 72.9 Å². The van der Waals surface area contributed by atoms with Crippen molar-refractivity contribution in [1.29, 1.82) is 0 Å². The number of aromatic nitrogens is 4. The van der Waals surface area contributed by atoms with Gasteiger partial charge in [-0.15, -0.1) is 0 Å². The van der Waals surface area contributed by atoms with Gasteiger partial charge in [-0.05, 0) is 54.3 Å². The van der Waals surface area contributed by atoms with Gasteiger partial charge in [-0.3, -0.25) is 10.00 Å². The minimum absolute atomic E-state index is 0.573. The number of H-pyrrole nitrogens is 1. The third-order valence-electron chi connectivity index (χ3n) is 6.99. The average Bonchev–Trinajstić information content (AvgIpc) is 3.52. The molecule has 1 N–H and O–H groups in total. The van der Waals surface area contributed by atoms with Gasteiger partial charge in [-0.25, -0.2) is 4.98 Å². The molecule has 0 amide bonds. The molecule has 0 aliphatic heterocycles. The average molecular weight is 528 g/mol. The number of unbranched alkanes of at least 4 members (excludes halogenated alkanes) is 1. The summed E-state index contributed by atoms with van der Waals surface area (Å²) in [6.07, 6.45) is 4.04. The van der Waals surface area contributed by atoms with Gasteiger partial charge >= 0.3 is 0 Å². The highest BCUT2D eigenvalue weighted by Gasteiger charge is 2.21. The van der Waals surface area contributed by atoms with Crippen molar-refractivity contribution in [2.24, 2.45) is 0 Å². The predicted octanol–water partition coefficient (Wildman–Crippen LogP) is 7.40. The molecule has 0 saturated heterocycles. The zero-order valence-corrected chi connectivity index (χ0v) is 23.0. The molecular weight excluding hydrogens is 494 g/mol. The molecule has 7 heteroatoms. The Kier molecular flexibility index (Phi) is 8.11. The second kappa shape index (κ2) is 11.8. The third-order valence-corrected chi connectivity index (χ3v) is 7.30. The van der Waals surface area contributed by atoms with Gasteiger partial charge in [0.15, 0.2) is 5.15 Å². The largest absolute Gasteiger partial charge is 0.497 e. The van der Waals surface area contributed by atoms with Crippen LogP contribution >= 0.6 is 11.6 Å². The summed E-state index contributed by atoms with van der Waals surface area (Å²) < 4.78 is 7.70. The van der Waals surface area contributed by atoms with Crippen molar-refractivity contribution in [3.05, 3.63) is 100 Å². The molecule has 0 spiro atoms. The van der Waals surface area contributed by atoms with Crippen molar-refractivity contribution in [3.63, 3.8) is 0 Å². The third kappa shape index (κ3) is 5.77. The maximum absolute atomic E-state index is 6.90. The van der Waals surface area contributed by atoms with Crippen LogP contribution in [0.1, 0.15) is 42.1 Å². The highest BCUT2D eigenvalue weighted by molar-refractivity contribution is 6.30. The van der Waals surface area contributed by atoms with Gasteiger partial charge < -0.3 is 9.30 Å². The van der Waals surface area contributed by atoms with Crippen LogP contribution in [0.4, 0.5) is 0 Å². The molecule has 0 aliphatic carbocycles. The Hall–Kier alpha value is -3.61. The van der Waals surface area contributed by atoms with Crippen molar-refractivity contribution < 1.29 is 4.74 Å². The molecule has 0 radical (unpaired) electrons. The predicted molar refractivity (Wildman–Crippen MR) is 154 cm³/mol. The first-order chi connectivity index (χ1) is 18.6. The second-order valence-corrected chi connectivity index (χ2v) is 10.1.